The summed E-state index contributed by atoms with van der Waals surface area (Å²) in [4.78, 5) is 6.98. The Morgan fingerprint density at radius 3 is 2.19 bits per heavy atom. The van der Waals surface area contributed by atoms with Crippen molar-refractivity contribution in [2.45, 2.75) is 52.6 Å². The monoisotopic (exact) mass is 358 g/mol. The van der Waals surface area contributed by atoms with Crippen molar-refractivity contribution in [3.8, 4) is 0 Å². The first-order valence-corrected chi connectivity index (χ1v) is 10.0. The predicted molar refractivity (Wildman–Crippen MR) is 119 cm³/mol. The van der Waals surface area contributed by atoms with Crippen LogP contribution in [0.1, 0.15) is 51.7 Å². The number of pyridine rings is 1. The van der Waals surface area contributed by atoms with E-state index >= 15 is 0 Å². The quantitative estimate of drug-likeness (QED) is 0.461. The summed E-state index contributed by atoms with van der Waals surface area (Å²) in [5, 5.41) is 1.19. The summed E-state index contributed by atoms with van der Waals surface area (Å²) in [5.74, 6) is 0. The first kappa shape index (κ1) is 19.2. The average Bonchev–Trinajstić information content (AvgIpc) is 2.72. The minimum atomic E-state index is 0.546. The summed E-state index contributed by atoms with van der Waals surface area (Å²) < 4.78 is 0. The van der Waals surface area contributed by atoms with E-state index in [0.29, 0.717) is 12.1 Å². The van der Waals surface area contributed by atoms with E-state index in [4.69, 9.17) is 0 Å². The SMILES string of the molecule is CCC(C)N(c1ccc(/C=C/c2ccnc3ccccc23)cc1)C(C)CC. The number of nitrogens with zero attached hydrogens (tertiary/aromatic N) is 2. The van der Waals surface area contributed by atoms with E-state index in [1.165, 1.54) is 22.2 Å². The number of benzene rings is 2. The van der Waals surface area contributed by atoms with Crippen molar-refractivity contribution in [2.75, 3.05) is 4.90 Å². The van der Waals surface area contributed by atoms with Crippen LogP contribution in [0, 0.1) is 0 Å². The van der Waals surface area contributed by atoms with Gasteiger partial charge in [0.2, 0.25) is 0 Å². The number of anilines is 1. The topological polar surface area (TPSA) is 16.1 Å². The molecule has 27 heavy (non-hydrogen) atoms. The molecular weight excluding hydrogens is 328 g/mol. The molecule has 0 spiro atoms. The van der Waals surface area contributed by atoms with E-state index in [2.05, 4.69) is 98.3 Å². The van der Waals surface area contributed by atoms with Crippen molar-refractivity contribution in [3.63, 3.8) is 0 Å². The van der Waals surface area contributed by atoms with Gasteiger partial charge in [0.1, 0.15) is 0 Å². The molecule has 0 saturated heterocycles. The molecule has 0 saturated carbocycles. The minimum absolute atomic E-state index is 0.546. The second-order valence-corrected chi connectivity index (χ2v) is 7.26. The zero-order chi connectivity index (χ0) is 19.2. The summed E-state index contributed by atoms with van der Waals surface area (Å²) in [6, 6.07) is 20.4. The molecule has 2 aromatic carbocycles. The van der Waals surface area contributed by atoms with Gasteiger partial charge in [-0.25, -0.2) is 0 Å². The van der Waals surface area contributed by atoms with Gasteiger partial charge in [0.05, 0.1) is 5.52 Å². The Bertz CT molecular complexity index is 880. The van der Waals surface area contributed by atoms with Gasteiger partial charge in [-0.15, -0.1) is 0 Å². The lowest BCUT2D eigenvalue weighted by Crippen LogP contribution is -2.39. The van der Waals surface area contributed by atoms with Crippen LogP contribution in [0.5, 0.6) is 0 Å². The molecule has 0 N–H and O–H groups in total. The maximum Gasteiger partial charge on any atom is 0.0707 e. The van der Waals surface area contributed by atoms with Gasteiger partial charge in [0, 0.05) is 29.4 Å². The standard InChI is InChI=1S/C25H30N2/c1-5-19(3)27(20(4)6-2)23-15-12-21(13-16-23)11-14-22-17-18-26-25-10-8-7-9-24(22)25/h7-20H,5-6H2,1-4H3/b14-11+. The Labute approximate surface area is 163 Å². The van der Waals surface area contributed by atoms with Gasteiger partial charge in [-0.3, -0.25) is 4.98 Å². The third-order valence-electron chi connectivity index (χ3n) is 5.46. The Morgan fingerprint density at radius 2 is 1.52 bits per heavy atom. The van der Waals surface area contributed by atoms with E-state index < -0.39 is 0 Å². The van der Waals surface area contributed by atoms with Crippen molar-refractivity contribution in [3.05, 3.63) is 71.9 Å². The summed E-state index contributed by atoms with van der Waals surface area (Å²) in [6.07, 6.45) is 8.55. The number of para-hydroxylation sites is 1. The van der Waals surface area contributed by atoms with Crippen LogP contribution in [0.4, 0.5) is 5.69 Å². The van der Waals surface area contributed by atoms with Gasteiger partial charge >= 0.3 is 0 Å². The molecule has 0 amide bonds. The fraction of sp³-hybridized carbons (Fsp3) is 0.320. The van der Waals surface area contributed by atoms with Gasteiger partial charge in [-0.05, 0) is 62.1 Å². The maximum atomic E-state index is 4.44. The third-order valence-corrected chi connectivity index (χ3v) is 5.46. The fourth-order valence-electron chi connectivity index (χ4n) is 3.54. The van der Waals surface area contributed by atoms with Gasteiger partial charge < -0.3 is 4.90 Å². The van der Waals surface area contributed by atoms with Crippen molar-refractivity contribution in [2.24, 2.45) is 0 Å². The van der Waals surface area contributed by atoms with E-state index in [0.717, 1.165) is 18.4 Å². The Hall–Kier alpha value is -2.61. The minimum Gasteiger partial charge on any atom is -0.366 e. The normalized spacial score (nSPS) is 13.8. The first-order chi connectivity index (χ1) is 13.1. The van der Waals surface area contributed by atoms with E-state index in [-0.39, 0.29) is 0 Å². The molecule has 0 fully saturated rings. The lowest BCUT2D eigenvalue weighted by atomic mass is 10.1. The molecule has 3 aromatic rings. The van der Waals surface area contributed by atoms with Crippen LogP contribution in [0.25, 0.3) is 23.1 Å². The highest BCUT2D eigenvalue weighted by Gasteiger charge is 2.17. The van der Waals surface area contributed by atoms with Gasteiger partial charge in [-0.1, -0.05) is 56.3 Å². The molecule has 2 heteroatoms. The highest BCUT2D eigenvalue weighted by Crippen LogP contribution is 2.24. The van der Waals surface area contributed by atoms with Gasteiger partial charge in [0.15, 0.2) is 0 Å². The lowest BCUT2D eigenvalue weighted by Gasteiger charge is -2.36. The molecule has 2 nitrogen and oxygen atoms in total. The van der Waals surface area contributed by atoms with Crippen molar-refractivity contribution in [1.29, 1.82) is 0 Å². The van der Waals surface area contributed by atoms with E-state index in [1.54, 1.807) is 0 Å². The number of hydrogen-bond donors (Lipinski definition) is 0. The molecule has 1 aromatic heterocycles. The molecule has 0 bridgehead atoms. The summed E-state index contributed by atoms with van der Waals surface area (Å²) >= 11 is 0. The lowest BCUT2D eigenvalue weighted by molar-refractivity contribution is 0.527. The highest BCUT2D eigenvalue weighted by atomic mass is 15.2. The van der Waals surface area contributed by atoms with Crippen molar-refractivity contribution >= 4 is 28.7 Å². The summed E-state index contributed by atoms with van der Waals surface area (Å²) in [6.45, 7) is 9.15. The third kappa shape index (κ3) is 4.39. The molecule has 2 atom stereocenters. The van der Waals surface area contributed by atoms with E-state index in [9.17, 15) is 0 Å². The van der Waals surface area contributed by atoms with Crippen molar-refractivity contribution < 1.29 is 0 Å². The molecule has 2 unspecified atom stereocenters. The first-order valence-electron chi connectivity index (χ1n) is 10.0. The average molecular weight is 359 g/mol. The molecule has 0 aliphatic heterocycles. The molecule has 0 aliphatic rings. The molecular formula is C25H30N2. The van der Waals surface area contributed by atoms with Gasteiger partial charge in [0.25, 0.3) is 0 Å². The Kier molecular flexibility index (Phi) is 6.28. The molecule has 3 rings (SSSR count). The van der Waals surface area contributed by atoms with Crippen LogP contribution in [-0.2, 0) is 0 Å². The predicted octanol–water partition coefficient (Wildman–Crippen LogP) is 6.81. The number of hydrogen-bond acceptors (Lipinski definition) is 2. The van der Waals surface area contributed by atoms with Crippen LogP contribution >= 0.6 is 0 Å². The number of rotatable bonds is 7. The highest BCUT2D eigenvalue weighted by molar-refractivity contribution is 5.90. The molecule has 0 aliphatic carbocycles. The largest absolute Gasteiger partial charge is 0.366 e. The van der Waals surface area contributed by atoms with Crippen LogP contribution in [-0.4, -0.2) is 17.1 Å². The second-order valence-electron chi connectivity index (χ2n) is 7.26. The molecule has 0 radical (unpaired) electrons. The zero-order valence-electron chi connectivity index (χ0n) is 16.9. The Balaban J connectivity index is 1.83. The number of aromatic nitrogens is 1. The smallest absolute Gasteiger partial charge is 0.0707 e. The van der Waals surface area contributed by atoms with Crippen molar-refractivity contribution in [1.82, 2.24) is 4.98 Å². The van der Waals surface area contributed by atoms with Gasteiger partial charge in [-0.2, -0.15) is 0 Å². The zero-order valence-corrected chi connectivity index (χ0v) is 16.9. The van der Waals surface area contributed by atoms with E-state index in [1.807, 2.05) is 12.3 Å². The fourth-order valence-corrected chi connectivity index (χ4v) is 3.54. The summed E-state index contributed by atoms with van der Waals surface area (Å²) in [5.41, 5.74) is 4.76. The van der Waals surface area contributed by atoms with Crippen LogP contribution in [0.3, 0.4) is 0 Å². The van der Waals surface area contributed by atoms with Crippen LogP contribution in [0.2, 0.25) is 0 Å². The second kappa shape index (κ2) is 8.85. The molecule has 1 heterocycles. The number of fused-ring (bicyclic) bond motifs is 1. The van der Waals surface area contributed by atoms with Crippen LogP contribution < -0.4 is 4.90 Å². The summed E-state index contributed by atoms with van der Waals surface area (Å²) in [7, 11) is 0. The Morgan fingerprint density at radius 1 is 0.852 bits per heavy atom. The molecule has 140 valence electrons. The van der Waals surface area contributed by atoms with Crippen LogP contribution in [0.15, 0.2) is 60.8 Å². The maximum absolute atomic E-state index is 4.44.